The van der Waals surface area contributed by atoms with Crippen molar-refractivity contribution >= 4 is 43.8 Å². The highest BCUT2D eigenvalue weighted by molar-refractivity contribution is 7.90. The van der Waals surface area contributed by atoms with Crippen LogP contribution in [0.2, 0.25) is 0 Å². The van der Waals surface area contributed by atoms with Gasteiger partial charge in [-0.1, -0.05) is 35.9 Å². The minimum absolute atomic E-state index is 0.0183. The van der Waals surface area contributed by atoms with E-state index in [1.807, 2.05) is 37.3 Å². The first kappa shape index (κ1) is 29.3. The average Bonchev–Trinajstić information content (AvgIpc) is 3.68. The molecule has 3 aliphatic carbocycles. The number of carbonyl (C=O) groups is 1. The van der Waals surface area contributed by atoms with Crippen molar-refractivity contribution in [1.82, 2.24) is 18.9 Å². The molecule has 0 saturated heterocycles. The minimum atomic E-state index is -4.14. The van der Waals surface area contributed by atoms with Crippen molar-refractivity contribution < 1.29 is 27.1 Å². The summed E-state index contributed by atoms with van der Waals surface area (Å²) in [5.41, 5.74) is 2.20. The number of carboxylic acids is 1. The molecule has 0 amide bonds. The van der Waals surface area contributed by atoms with Gasteiger partial charge in [0.05, 0.1) is 17.0 Å². The third kappa shape index (κ3) is 5.03. The number of halogens is 1. The van der Waals surface area contributed by atoms with Crippen molar-refractivity contribution in [1.29, 1.82) is 0 Å². The Morgan fingerprint density at radius 2 is 1.74 bits per heavy atom. The third-order valence-electron chi connectivity index (χ3n) is 9.62. The number of pyridine rings is 1. The molecule has 2 unspecified atom stereocenters. The number of aliphatic carboxylic acids is 1. The maximum absolute atomic E-state index is 14.7. The van der Waals surface area contributed by atoms with E-state index < -0.39 is 27.7 Å². The van der Waals surface area contributed by atoms with E-state index >= 15 is 0 Å². The number of para-hydroxylation sites is 1. The fourth-order valence-electron chi connectivity index (χ4n) is 7.30. The molecule has 2 atom stereocenters. The van der Waals surface area contributed by atoms with Crippen LogP contribution in [0.5, 0.6) is 0 Å². The first-order chi connectivity index (χ1) is 22.7. The fraction of sp³-hybridized carbons (Fsp3) is 0.257. The molecule has 10 nitrogen and oxygen atoms in total. The summed E-state index contributed by atoms with van der Waals surface area (Å²) < 4.78 is 49.7. The molecule has 0 spiro atoms. The Kier molecular flexibility index (Phi) is 6.87. The van der Waals surface area contributed by atoms with Gasteiger partial charge < -0.3 is 14.8 Å². The highest BCUT2D eigenvalue weighted by Crippen LogP contribution is 2.46. The van der Waals surface area contributed by atoms with Crippen molar-refractivity contribution in [3.8, 4) is 22.8 Å². The van der Waals surface area contributed by atoms with E-state index in [9.17, 15) is 22.7 Å². The summed E-state index contributed by atoms with van der Waals surface area (Å²) in [7, 11) is -4.14. The summed E-state index contributed by atoms with van der Waals surface area (Å²) in [5.74, 6) is -0.921. The van der Waals surface area contributed by atoms with Gasteiger partial charge >= 0.3 is 5.97 Å². The van der Waals surface area contributed by atoms with Gasteiger partial charge in [-0.3, -0.25) is 4.79 Å². The molecule has 9 rings (SSSR count). The maximum Gasteiger partial charge on any atom is 0.308 e. The standard InChI is InChI=1S/C35H30FN5O5S/c1-19-6-12-24(13-7-19)47(44,45)41-18-26(25-15-23(36)17-37-34(25)41)33-38-27(29-14-22-4-2-3-5-28(22)46-29)16-30(40-33)39-32-21-10-8-20(9-11-21)31(32)35(42)43/h2-7,12-18,20-21,31-32H,8-11H2,1H3,(H,42,43)(H,38,39,40). The molecule has 4 aromatic heterocycles. The highest BCUT2D eigenvalue weighted by Gasteiger charge is 2.47. The van der Waals surface area contributed by atoms with Gasteiger partial charge in [-0.25, -0.2) is 31.7 Å². The number of aromatic nitrogens is 4. The lowest BCUT2D eigenvalue weighted by atomic mass is 9.61. The van der Waals surface area contributed by atoms with Crippen LogP contribution in [-0.4, -0.2) is 44.5 Å². The largest absolute Gasteiger partial charge is 0.481 e. The van der Waals surface area contributed by atoms with Gasteiger partial charge in [0, 0.05) is 34.6 Å². The second-order valence-electron chi connectivity index (χ2n) is 12.5. The zero-order valence-corrected chi connectivity index (χ0v) is 26.1. The molecule has 2 N–H and O–H groups in total. The Balaban J connectivity index is 1.31. The van der Waals surface area contributed by atoms with Crippen molar-refractivity contribution in [2.75, 3.05) is 5.32 Å². The summed E-state index contributed by atoms with van der Waals surface area (Å²) in [6, 6.07) is 18.4. The summed E-state index contributed by atoms with van der Waals surface area (Å²) in [4.78, 5) is 26.3. The average molecular weight is 652 g/mol. The lowest BCUT2D eigenvalue weighted by Crippen LogP contribution is -2.51. The molecule has 4 heterocycles. The van der Waals surface area contributed by atoms with E-state index in [1.165, 1.54) is 24.4 Å². The molecule has 3 aliphatic rings. The molecular formula is C35H30FN5O5S. The van der Waals surface area contributed by atoms with E-state index in [-0.39, 0.29) is 45.2 Å². The van der Waals surface area contributed by atoms with Crippen LogP contribution in [0, 0.1) is 30.5 Å². The zero-order valence-electron chi connectivity index (χ0n) is 25.3. The molecule has 12 heteroatoms. The lowest BCUT2D eigenvalue weighted by Gasteiger charge is -2.47. The van der Waals surface area contributed by atoms with Crippen LogP contribution >= 0.6 is 0 Å². The Hall–Kier alpha value is -5.10. The minimum Gasteiger partial charge on any atom is -0.481 e. The summed E-state index contributed by atoms with van der Waals surface area (Å²) in [6.07, 6.45) is 5.94. The number of fused-ring (bicyclic) bond motifs is 5. The van der Waals surface area contributed by atoms with E-state index in [2.05, 4.69) is 10.3 Å². The van der Waals surface area contributed by atoms with Crippen LogP contribution < -0.4 is 5.32 Å². The number of benzene rings is 2. The number of anilines is 1. The van der Waals surface area contributed by atoms with E-state index in [0.29, 0.717) is 22.9 Å². The first-order valence-electron chi connectivity index (χ1n) is 15.5. The molecule has 3 fully saturated rings. The van der Waals surface area contributed by atoms with Crippen molar-refractivity contribution in [3.05, 3.63) is 90.5 Å². The first-order valence-corrected chi connectivity index (χ1v) is 17.0. The van der Waals surface area contributed by atoms with E-state index in [4.69, 9.17) is 14.4 Å². The van der Waals surface area contributed by atoms with Gasteiger partial charge in [0.15, 0.2) is 17.2 Å². The van der Waals surface area contributed by atoms with Gasteiger partial charge in [-0.15, -0.1) is 0 Å². The Bertz CT molecular complexity index is 2260. The highest BCUT2D eigenvalue weighted by atomic mass is 32.2. The summed E-state index contributed by atoms with van der Waals surface area (Å²) >= 11 is 0. The molecular weight excluding hydrogens is 621 g/mol. The van der Waals surface area contributed by atoms with Crippen molar-refractivity contribution in [2.24, 2.45) is 17.8 Å². The molecule has 47 heavy (non-hydrogen) atoms. The lowest BCUT2D eigenvalue weighted by molar-refractivity contribution is -0.148. The number of aryl methyl sites for hydroxylation is 1. The van der Waals surface area contributed by atoms with Crippen molar-refractivity contribution in [2.45, 2.75) is 43.5 Å². The Morgan fingerprint density at radius 3 is 2.49 bits per heavy atom. The van der Waals surface area contributed by atoms with Gasteiger partial charge in [0.1, 0.15) is 22.9 Å². The normalized spacial score (nSPS) is 21.0. The number of carboxylic acid groups (broad SMARTS) is 1. The van der Waals surface area contributed by atoms with Crippen LogP contribution in [-0.2, 0) is 14.8 Å². The SMILES string of the molecule is Cc1ccc(S(=O)(=O)n2cc(-c3nc(NC4C5CCC(CC5)C4C(=O)O)cc(-c4cc5ccccc5o4)n3)c3cc(F)cnc32)cc1. The maximum atomic E-state index is 14.7. The number of hydrogen-bond acceptors (Lipinski definition) is 8. The number of nitrogens with zero attached hydrogens (tertiary/aromatic N) is 4. The Labute approximate surface area is 269 Å². The molecule has 2 bridgehead atoms. The fourth-order valence-corrected chi connectivity index (χ4v) is 8.62. The molecule has 0 aliphatic heterocycles. The van der Waals surface area contributed by atoms with Gasteiger partial charge in [-0.05, 0) is 74.8 Å². The van der Waals surface area contributed by atoms with Gasteiger partial charge in [-0.2, -0.15) is 0 Å². The Morgan fingerprint density at radius 1 is 1.00 bits per heavy atom. The molecule has 0 radical (unpaired) electrons. The third-order valence-corrected chi connectivity index (χ3v) is 11.3. The second kappa shape index (κ2) is 11.0. The number of furan rings is 1. The molecule has 2 aromatic carbocycles. The van der Waals surface area contributed by atoms with Crippen LogP contribution in [0.25, 0.3) is 44.8 Å². The van der Waals surface area contributed by atoms with Crippen LogP contribution in [0.4, 0.5) is 10.2 Å². The zero-order chi connectivity index (χ0) is 32.4. The monoisotopic (exact) mass is 651 g/mol. The van der Waals surface area contributed by atoms with E-state index in [1.54, 1.807) is 18.2 Å². The van der Waals surface area contributed by atoms with Crippen LogP contribution in [0.3, 0.4) is 0 Å². The predicted molar refractivity (Wildman–Crippen MR) is 174 cm³/mol. The topological polar surface area (TPSA) is 140 Å². The molecule has 6 aromatic rings. The predicted octanol–water partition coefficient (Wildman–Crippen LogP) is 6.89. The molecule has 3 saturated carbocycles. The molecule has 238 valence electrons. The van der Waals surface area contributed by atoms with Crippen LogP contribution in [0.1, 0.15) is 31.2 Å². The summed E-state index contributed by atoms with van der Waals surface area (Å²) in [5, 5.41) is 14.7. The van der Waals surface area contributed by atoms with Crippen LogP contribution in [0.15, 0.2) is 88.4 Å². The smallest absolute Gasteiger partial charge is 0.308 e. The summed E-state index contributed by atoms with van der Waals surface area (Å²) in [6.45, 7) is 1.86. The van der Waals surface area contributed by atoms with Crippen molar-refractivity contribution in [3.63, 3.8) is 0 Å². The van der Waals surface area contributed by atoms with E-state index in [0.717, 1.165) is 46.8 Å². The number of rotatable bonds is 7. The van der Waals surface area contributed by atoms with Gasteiger partial charge in [0.2, 0.25) is 0 Å². The van der Waals surface area contributed by atoms with Gasteiger partial charge in [0.25, 0.3) is 10.0 Å². The number of hydrogen-bond donors (Lipinski definition) is 2. The second-order valence-corrected chi connectivity index (χ2v) is 14.3. The quantitative estimate of drug-likeness (QED) is 0.189. The number of nitrogens with one attached hydrogen (secondary N) is 1.